The third-order valence-corrected chi connectivity index (χ3v) is 5.99. The number of benzene rings is 1. The summed E-state index contributed by atoms with van der Waals surface area (Å²) in [7, 11) is 0. The van der Waals surface area contributed by atoms with E-state index in [2.05, 4.69) is 42.5 Å². The quantitative estimate of drug-likeness (QED) is 0.305. The lowest BCUT2D eigenvalue weighted by Crippen LogP contribution is -2.15. The second-order valence-corrected chi connectivity index (χ2v) is 7.90. The molecule has 4 nitrogen and oxygen atoms in total. The number of fused-ring (bicyclic) bond motifs is 1. The Morgan fingerprint density at radius 2 is 2.04 bits per heavy atom. The number of ketones is 1. The summed E-state index contributed by atoms with van der Waals surface area (Å²) in [5.41, 5.74) is 1.38. The first kappa shape index (κ1) is 20.8. The Labute approximate surface area is 168 Å². The van der Waals surface area contributed by atoms with E-state index in [0.29, 0.717) is 36.8 Å². The zero-order chi connectivity index (χ0) is 19.8. The molecule has 2 fully saturated rings. The molecule has 3 rings (SSSR count). The summed E-state index contributed by atoms with van der Waals surface area (Å²) >= 11 is 0. The first-order valence-corrected chi connectivity index (χ1v) is 10.7. The van der Waals surface area contributed by atoms with Crippen molar-refractivity contribution >= 4 is 11.8 Å². The Hall–Kier alpha value is -1.94. The monoisotopic (exact) mass is 384 g/mol. The van der Waals surface area contributed by atoms with E-state index in [9.17, 15) is 9.59 Å². The molecule has 28 heavy (non-hydrogen) atoms. The maximum absolute atomic E-state index is 12.2. The van der Waals surface area contributed by atoms with Crippen molar-refractivity contribution in [3.8, 4) is 0 Å². The number of carbonyl (C=O) groups is 2. The van der Waals surface area contributed by atoms with Gasteiger partial charge in [0.05, 0.1) is 6.61 Å². The summed E-state index contributed by atoms with van der Waals surface area (Å²) < 4.78 is 10.2. The van der Waals surface area contributed by atoms with Gasteiger partial charge in [-0.25, -0.2) is 4.79 Å². The summed E-state index contributed by atoms with van der Waals surface area (Å²) in [6, 6.07) is 10.6. The number of carbonyl (C=O) groups excluding carboxylic acids is 2. The molecule has 1 aromatic rings. The number of rotatable bonds is 12. The van der Waals surface area contributed by atoms with Crippen LogP contribution in [0.5, 0.6) is 0 Å². The van der Waals surface area contributed by atoms with Crippen molar-refractivity contribution in [3.63, 3.8) is 0 Å². The minimum atomic E-state index is -0.309. The first-order chi connectivity index (χ1) is 13.7. The predicted molar refractivity (Wildman–Crippen MR) is 109 cm³/mol. The Bertz CT molecular complexity index is 666. The molecule has 2 aliphatic rings. The molecule has 2 aliphatic carbocycles. The number of hydrogen-bond donors (Lipinski definition) is 0. The van der Waals surface area contributed by atoms with E-state index < -0.39 is 0 Å². The molecule has 4 heteroatoms. The average Bonchev–Trinajstić information content (AvgIpc) is 3.25. The molecular formula is C24H32O4. The second kappa shape index (κ2) is 10.6. The molecule has 0 aromatic heterocycles. The van der Waals surface area contributed by atoms with Crippen molar-refractivity contribution < 1.29 is 19.1 Å². The standard InChI is InChI=1S/C24H32O4/c1-2-28-23(26)17-27-15-9-8-14-20-22(25)16-21-19(24(20)21)13-7-6-12-18-10-4-3-5-11-18/h3-5,7,10-11,13,19-21,24H,2,6,8-9,12,14-17H2,1H3/t19?,20-,21-,24-/m0/s1. The molecule has 2 saturated carbocycles. The van der Waals surface area contributed by atoms with E-state index in [-0.39, 0.29) is 18.5 Å². The number of aryl methyl sites for hydroxylation is 1. The van der Waals surface area contributed by atoms with Crippen LogP contribution in [0.1, 0.15) is 44.6 Å². The van der Waals surface area contributed by atoms with Crippen LogP contribution in [0.15, 0.2) is 42.5 Å². The van der Waals surface area contributed by atoms with E-state index in [1.165, 1.54) is 5.56 Å². The van der Waals surface area contributed by atoms with Crippen LogP contribution in [-0.2, 0) is 25.5 Å². The highest BCUT2D eigenvalue weighted by molar-refractivity contribution is 5.85. The first-order valence-electron chi connectivity index (χ1n) is 10.7. The summed E-state index contributed by atoms with van der Waals surface area (Å²) in [6.45, 7) is 2.75. The van der Waals surface area contributed by atoms with Crippen LogP contribution >= 0.6 is 0 Å². The molecule has 152 valence electrons. The van der Waals surface area contributed by atoms with Crippen LogP contribution in [0.4, 0.5) is 0 Å². The van der Waals surface area contributed by atoms with Crippen LogP contribution < -0.4 is 0 Å². The molecule has 0 spiro atoms. The minimum Gasteiger partial charge on any atom is -0.464 e. The van der Waals surface area contributed by atoms with E-state index in [4.69, 9.17) is 9.47 Å². The van der Waals surface area contributed by atoms with Gasteiger partial charge in [0.2, 0.25) is 0 Å². The summed E-state index contributed by atoms with van der Waals surface area (Å²) in [5.74, 6) is 2.15. The van der Waals surface area contributed by atoms with E-state index >= 15 is 0 Å². The Balaban J connectivity index is 1.30. The number of unbranched alkanes of at least 4 members (excludes halogenated alkanes) is 1. The van der Waals surface area contributed by atoms with E-state index in [0.717, 1.165) is 38.5 Å². The zero-order valence-electron chi connectivity index (χ0n) is 16.8. The van der Waals surface area contributed by atoms with Crippen LogP contribution in [0.3, 0.4) is 0 Å². The van der Waals surface area contributed by atoms with Gasteiger partial charge in [-0.05, 0) is 55.9 Å². The van der Waals surface area contributed by atoms with Gasteiger partial charge in [0, 0.05) is 18.9 Å². The largest absolute Gasteiger partial charge is 0.464 e. The van der Waals surface area contributed by atoms with E-state index in [1.807, 2.05) is 0 Å². The van der Waals surface area contributed by atoms with Crippen molar-refractivity contribution in [2.75, 3.05) is 19.8 Å². The lowest BCUT2D eigenvalue weighted by Gasteiger charge is -2.12. The highest BCUT2D eigenvalue weighted by Crippen LogP contribution is 2.60. The van der Waals surface area contributed by atoms with Crippen molar-refractivity contribution in [1.29, 1.82) is 0 Å². The molecule has 0 saturated heterocycles. The van der Waals surface area contributed by atoms with Gasteiger partial charge in [0.1, 0.15) is 12.4 Å². The van der Waals surface area contributed by atoms with Gasteiger partial charge in [0.25, 0.3) is 0 Å². The predicted octanol–water partition coefficient (Wildman–Crippen LogP) is 4.38. The molecule has 0 bridgehead atoms. The Morgan fingerprint density at radius 1 is 1.21 bits per heavy atom. The van der Waals surface area contributed by atoms with Gasteiger partial charge in [-0.15, -0.1) is 0 Å². The molecule has 0 amide bonds. The van der Waals surface area contributed by atoms with Gasteiger partial charge < -0.3 is 9.47 Å². The smallest absolute Gasteiger partial charge is 0.332 e. The van der Waals surface area contributed by atoms with Gasteiger partial charge in [0.15, 0.2) is 0 Å². The molecule has 0 heterocycles. The van der Waals surface area contributed by atoms with Crippen LogP contribution in [0.25, 0.3) is 0 Å². The Morgan fingerprint density at radius 3 is 2.82 bits per heavy atom. The van der Waals surface area contributed by atoms with Crippen LogP contribution in [0.2, 0.25) is 0 Å². The number of Topliss-reactive ketones (excluding diaryl/α,β-unsaturated/α-hetero) is 1. The average molecular weight is 385 g/mol. The normalized spacial score (nSPS) is 25.8. The van der Waals surface area contributed by atoms with Crippen molar-refractivity contribution in [1.82, 2.24) is 0 Å². The highest BCUT2D eigenvalue weighted by atomic mass is 16.6. The Kier molecular flexibility index (Phi) is 7.84. The third-order valence-electron chi connectivity index (χ3n) is 5.99. The molecule has 0 radical (unpaired) electrons. The van der Waals surface area contributed by atoms with E-state index in [1.54, 1.807) is 6.92 Å². The number of allylic oxidation sites excluding steroid dienone is 2. The minimum absolute atomic E-state index is 0.0246. The fourth-order valence-electron chi connectivity index (χ4n) is 4.56. The van der Waals surface area contributed by atoms with Crippen LogP contribution in [-0.4, -0.2) is 31.6 Å². The molecular weight excluding hydrogens is 352 g/mol. The van der Waals surface area contributed by atoms with Gasteiger partial charge in [-0.1, -0.05) is 48.9 Å². The lowest BCUT2D eigenvalue weighted by molar-refractivity contribution is -0.148. The molecule has 0 aliphatic heterocycles. The highest BCUT2D eigenvalue weighted by Gasteiger charge is 2.59. The van der Waals surface area contributed by atoms with Crippen molar-refractivity contribution in [2.45, 2.75) is 45.4 Å². The second-order valence-electron chi connectivity index (χ2n) is 7.90. The number of ether oxygens (including phenoxy) is 2. The SMILES string of the molecule is CCOC(=O)COCCCC[C@H]1C(=O)C[C@H]2C(C=CCCc3ccccc3)[C@@H]12. The van der Waals surface area contributed by atoms with Gasteiger partial charge in [-0.3, -0.25) is 4.79 Å². The van der Waals surface area contributed by atoms with Crippen molar-refractivity contribution in [2.24, 2.45) is 23.7 Å². The fraction of sp³-hybridized carbons (Fsp3) is 0.583. The maximum Gasteiger partial charge on any atom is 0.332 e. The van der Waals surface area contributed by atoms with Gasteiger partial charge in [-0.2, -0.15) is 0 Å². The topological polar surface area (TPSA) is 52.6 Å². The fourth-order valence-corrected chi connectivity index (χ4v) is 4.56. The summed E-state index contributed by atoms with van der Waals surface area (Å²) in [5, 5.41) is 0. The molecule has 0 N–H and O–H groups in total. The summed E-state index contributed by atoms with van der Waals surface area (Å²) in [4.78, 5) is 23.4. The third kappa shape index (κ3) is 5.78. The van der Waals surface area contributed by atoms with Crippen molar-refractivity contribution in [3.05, 3.63) is 48.0 Å². The molecule has 1 aromatic carbocycles. The molecule has 1 unspecified atom stereocenters. The van der Waals surface area contributed by atoms with Crippen LogP contribution in [0, 0.1) is 23.7 Å². The zero-order valence-corrected chi connectivity index (χ0v) is 16.8. The summed E-state index contributed by atoms with van der Waals surface area (Å²) in [6.07, 6.45) is 10.4. The number of esters is 1. The lowest BCUT2D eigenvalue weighted by atomic mass is 9.93. The number of hydrogen-bond acceptors (Lipinski definition) is 4. The molecule has 4 atom stereocenters. The van der Waals surface area contributed by atoms with Gasteiger partial charge >= 0.3 is 5.97 Å². The maximum atomic E-state index is 12.2.